The Kier molecular flexibility index (Phi) is 5.55. The van der Waals surface area contributed by atoms with E-state index in [4.69, 9.17) is 0 Å². The number of aliphatic hydroxyl groups is 1. The molecule has 4 rings (SSSR count). The van der Waals surface area contributed by atoms with Crippen LogP contribution >= 0.6 is 0 Å². The number of hydrogen-bond acceptors (Lipinski definition) is 5. The zero-order valence-corrected chi connectivity index (χ0v) is 16.5. The number of aromatic nitrogens is 6. The largest absolute Gasteiger partial charge is 0.382 e. The van der Waals surface area contributed by atoms with E-state index < -0.39 is 23.2 Å². The van der Waals surface area contributed by atoms with Gasteiger partial charge in [0.25, 0.3) is 0 Å². The second kappa shape index (κ2) is 8.31. The fourth-order valence-electron chi connectivity index (χ4n) is 3.51. The maximum Gasteiger partial charge on any atom is 0.138 e. The topological polar surface area (TPSA) is 81.6 Å². The van der Waals surface area contributed by atoms with Crippen LogP contribution in [0.15, 0.2) is 61.1 Å². The SMILES string of the molecule is C[C@@H](c1ccn(Cc2ccc(F)cc2)n1)[C@](O)(Cn1cnnn1)c1ccc(F)cc1F. The molecule has 2 heterocycles. The minimum absolute atomic E-state index is 0.0926. The van der Waals surface area contributed by atoms with Gasteiger partial charge in [0.1, 0.15) is 29.4 Å². The van der Waals surface area contributed by atoms with Crippen molar-refractivity contribution in [1.29, 1.82) is 0 Å². The zero-order valence-electron chi connectivity index (χ0n) is 16.5. The molecule has 160 valence electrons. The van der Waals surface area contributed by atoms with Gasteiger partial charge in [-0.05, 0) is 40.3 Å². The first kappa shape index (κ1) is 20.7. The average Bonchev–Trinajstić information content (AvgIpc) is 3.41. The van der Waals surface area contributed by atoms with Gasteiger partial charge in [0.2, 0.25) is 0 Å². The lowest BCUT2D eigenvalue weighted by molar-refractivity contribution is -0.0128. The predicted molar refractivity (Wildman–Crippen MR) is 104 cm³/mol. The molecule has 0 radical (unpaired) electrons. The Balaban J connectivity index is 1.66. The van der Waals surface area contributed by atoms with Gasteiger partial charge < -0.3 is 5.11 Å². The Morgan fingerprint density at radius 3 is 2.42 bits per heavy atom. The number of halogens is 3. The summed E-state index contributed by atoms with van der Waals surface area (Å²) in [5.74, 6) is -2.66. The molecule has 0 saturated carbocycles. The Morgan fingerprint density at radius 1 is 1.00 bits per heavy atom. The molecule has 0 spiro atoms. The molecule has 0 aliphatic heterocycles. The molecule has 0 amide bonds. The van der Waals surface area contributed by atoms with Crippen LogP contribution in [0.2, 0.25) is 0 Å². The Labute approximate surface area is 175 Å². The monoisotopic (exact) mass is 428 g/mol. The van der Waals surface area contributed by atoms with Crippen molar-refractivity contribution in [3.05, 3.63) is 95.3 Å². The van der Waals surface area contributed by atoms with Crippen molar-refractivity contribution in [3.63, 3.8) is 0 Å². The van der Waals surface area contributed by atoms with Crippen LogP contribution in [0.25, 0.3) is 0 Å². The summed E-state index contributed by atoms with van der Waals surface area (Å²) < 4.78 is 44.2. The molecule has 4 aromatic rings. The lowest BCUT2D eigenvalue weighted by atomic mass is 9.80. The Hall–Kier alpha value is -3.53. The van der Waals surface area contributed by atoms with Crippen molar-refractivity contribution in [2.24, 2.45) is 0 Å². The second-order valence-electron chi connectivity index (χ2n) is 7.34. The molecule has 0 unspecified atom stereocenters. The fourth-order valence-corrected chi connectivity index (χ4v) is 3.51. The first-order valence-electron chi connectivity index (χ1n) is 9.51. The highest BCUT2D eigenvalue weighted by atomic mass is 19.1. The van der Waals surface area contributed by atoms with E-state index in [0.29, 0.717) is 12.2 Å². The number of tetrazole rings is 1. The molecule has 31 heavy (non-hydrogen) atoms. The maximum absolute atomic E-state index is 14.7. The van der Waals surface area contributed by atoms with Crippen LogP contribution in [-0.2, 0) is 18.7 Å². The van der Waals surface area contributed by atoms with Gasteiger partial charge in [-0.15, -0.1) is 5.10 Å². The van der Waals surface area contributed by atoms with Crippen LogP contribution in [0.5, 0.6) is 0 Å². The van der Waals surface area contributed by atoms with Crippen LogP contribution in [0.1, 0.15) is 29.7 Å². The minimum atomic E-state index is -1.82. The van der Waals surface area contributed by atoms with Crippen molar-refractivity contribution >= 4 is 0 Å². The van der Waals surface area contributed by atoms with E-state index in [0.717, 1.165) is 17.7 Å². The third kappa shape index (κ3) is 4.33. The highest BCUT2D eigenvalue weighted by molar-refractivity contribution is 5.30. The van der Waals surface area contributed by atoms with Crippen LogP contribution in [0.3, 0.4) is 0 Å². The normalized spacial score (nSPS) is 14.4. The Morgan fingerprint density at radius 2 is 1.74 bits per heavy atom. The summed E-state index contributed by atoms with van der Waals surface area (Å²) in [7, 11) is 0. The zero-order chi connectivity index (χ0) is 22.0. The van der Waals surface area contributed by atoms with Crippen LogP contribution in [0, 0.1) is 17.5 Å². The third-order valence-corrected chi connectivity index (χ3v) is 5.27. The van der Waals surface area contributed by atoms with Gasteiger partial charge in [0, 0.05) is 23.7 Å². The van der Waals surface area contributed by atoms with Gasteiger partial charge >= 0.3 is 0 Å². The van der Waals surface area contributed by atoms with E-state index >= 15 is 0 Å². The predicted octanol–water partition coefficient (Wildman–Crippen LogP) is 3.03. The summed E-state index contributed by atoms with van der Waals surface area (Å²) in [6.45, 7) is 1.91. The van der Waals surface area contributed by atoms with Crippen molar-refractivity contribution < 1.29 is 18.3 Å². The lowest BCUT2D eigenvalue weighted by Gasteiger charge is -2.33. The van der Waals surface area contributed by atoms with E-state index in [1.807, 2.05) is 0 Å². The molecule has 2 atom stereocenters. The molecule has 2 aromatic heterocycles. The van der Waals surface area contributed by atoms with E-state index in [1.54, 1.807) is 36.0 Å². The molecule has 0 fully saturated rings. The maximum atomic E-state index is 14.7. The number of nitrogens with zero attached hydrogens (tertiary/aromatic N) is 6. The standard InChI is InChI=1S/C21H19F3N6O/c1-14(20-8-9-29(26-20)11-15-2-4-16(22)5-3-15)21(31,12-30-13-25-27-28-30)18-7-6-17(23)10-19(18)24/h2-10,13-14,31H,11-12H2,1H3/t14-,21+/m0/s1. The van der Waals surface area contributed by atoms with Crippen molar-refractivity contribution in [1.82, 2.24) is 30.0 Å². The first-order chi connectivity index (χ1) is 14.8. The summed E-state index contributed by atoms with van der Waals surface area (Å²) in [5, 5.41) is 27.0. The minimum Gasteiger partial charge on any atom is -0.382 e. The molecule has 7 nitrogen and oxygen atoms in total. The number of hydrogen-bond donors (Lipinski definition) is 1. The highest BCUT2D eigenvalue weighted by Gasteiger charge is 2.41. The Bertz CT molecular complexity index is 1160. The summed E-state index contributed by atoms with van der Waals surface area (Å²) in [6, 6.07) is 10.8. The van der Waals surface area contributed by atoms with E-state index in [-0.39, 0.29) is 17.9 Å². The third-order valence-electron chi connectivity index (χ3n) is 5.27. The molecule has 0 aliphatic rings. The average molecular weight is 428 g/mol. The van der Waals surface area contributed by atoms with Crippen molar-refractivity contribution in [2.75, 3.05) is 0 Å². The van der Waals surface area contributed by atoms with Gasteiger partial charge in [-0.3, -0.25) is 4.68 Å². The van der Waals surface area contributed by atoms with Gasteiger partial charge in [0.15, 0.2) is 0 Å². The first-order valence-corrected chi connectivity index (χ1v) is 9.51. The molecular formula is C21H19F3N6O. The van der Waals surface area contributed by atoms with E-state index in [2.05, 4.69) is 20.6 Å². The fraction of sp³-hybridized carbons (Fsp3) is 0.238. The van der Waals surface area contributed by atoms with Crippen molar-refractivity contribution in [2.45, 2.75) is 31.5 Å². The molecule has 10 heteroatoms. The summed E-state index contributed by atoms with van der Waals surface area (Å²) >= 11 is 0. The highest BCUT2D eigenvalue weighted by Crippen LogP contribution is 2.39. The van der Waals surface area contributed by atoms with Crippen molar-refractivity contribution in [3.8, 4) is 0 Å². The lowest BCUT2D eigenvalue weighted by Crippen LogP contribution is -2.38. The number of rotatable bonds is 7. The van der Waals surface area contributed by atoms with Gasteiger partial charge in [-0.2, -0.15) is 5.10 Å². The van der Waals surface area contributed by atoms with Crippen LogP contribution in [0.4, 0.5) is 13.2 Å². The quantitative estimate of drug-likeness (QED) is 0.489. The number of benzene rings is 2. The van der Waals surface area contributed by atoms with Gasteiger partial charge in [-0.1, -0.05) is 25.1 Å². The summed E-state index contributed by atoms with van der Waals surface area (Å²) in [4.78, 5) is 0. The molecule has 2 aromatic carbocycles. The molecule has 1 N–H and O–H groups in total. The van der Waals surface area contributed by atoms with Crippen LogP contribution < -0.4 is 0 Å². The summed E-state index contributed by atoms with van der Waals surface area (Å²) in [5.41, 5.74) is -0.578. The molecular weight excluding hydrogens is 409 g/mol. The molecule has 0 saturated heterocycles. The second-order valence-corrected chi connectivity index (χ2v) is 7.34. The van der Waals surface area contributed by atoms with Crippen LogP contribution in [-0.4, -0.2) is 35.1 Å². The molecule has 0 bridgehead atoms. The van der Waals surface area contributed by atoms with Gasteiger partial charge in [-0.25, -0.2) is 17.9 Å². The summed E-state index contributed by atoms with van der Waals surface area (Å²) in [6.07, 6.45) is 3.01. The molecule has 0 aliphatic carbocycles. The smallest absolute Gasteiger partial charge is 0.138 e. The van der Waals surface area contributed by atoms with Gasteiger partial charge in [0.05, 0.1) is 18.8 Å². The van der Waals surface area contributed by atoms with E-state index in [1.165, 1.54) is 29.2 Å². The van der Waals surface area contributed by atoms with E-state index in [9.17, 15) is 18.3 Å².